The highest BCUT2D eigenvalue weighted by Crippen LogP contribution is 2.17. The summed E-state index contributed by atoms with van der Waals surface area (Å²) in [5, 5.41) is 3.22. The van der Waals surface area contributed by atoms with Crippen LogP contribution in [0.3, 0.4) is 0 Å². The van der Waals surface area contributed by atoms with E-state index in [1.165, 1.54) is 19.3 Å². The van der Waals surface area contributed by atoms with Gasteiger partial charge in [0.25, 0.3) is 0 Å². The summed E-state index contributed by atoms with van der Waals surface area (Å²) < 4.78 is 0. The molecule has 4 nitrogen and oxygen atoms in total. The minimum Gasteiger partial charge on any atom is -0.353 e. The fourth-order valence-electron chi connectivity index (χ4n) is 1.04. The SMILES string of the molecule is CCN=C(NN)NC1CCC1. The van der Waals surface area contributed by atoms with Gasteiger partial charge in [-0.05, 0) is 26.2 Å². The maximum Gasteiger partial charge on any atom is 0.205 e. The lowest BCUT2D eigenvalue weighted by Gasteiger charge is -2.27. The predicted octanol–water partition coefficient (Wildman–Crippen LogP) is -0.0323. The van der Waals surface area contributed by atoms with Crippen LogP contribution in [0.1, 0.15) is 26.2 Å². The topological polar surface area (TPSA) is 62.4 Å². The Morgan fingerprint density at radius 1 is 1.64 bits per heavy atom. The molecule has 4 N–H and O–H groups in total. The van der Waals surface area contributed by atoms with Crippen LogP contribution in [0, 0.1) is 0 Å². The molecule has 0 saturated heterocycles. The number of nitrogens with one attached hydrogen (secondary N) is 2. The number of nitrogens with zero attached hydrogens (tertiary/aromatic N) is 1. The molecule has 0 aromatic carbocycles. The molecule has 64 valence electrons. The van der Waals surface area contributed by atoms with Crippen LogP contribution in [0.15, 0.2) is 4.99 Å². The van der Waals surface area contributed by atoms with Crippen molar-refractivity contribution in [2.24, 2.45) is 10.8 Å². The van der Waals surface area contributed by atoms with Crippen molar-refractivity contribution in [3.05, 3.63) is 0 Å². The molecule has 0 aromatic rings. The summed E-state index contributed by atoms with van der Waals surface area (Å²) in [6, 6.07) is 0.594. The molecular weight excluding hydrogens is 140 g/mol. The Kier molecular flexibility index (Phi) is 3.16. The molecule has 0 radical (unpaired) electrons. The van der Waals surface area contributed by atoms with Crippen LogP contribution < -0.4 is 16.6 Å². The number of nitrogens with two attached hydrogens (primary N) is 1. The summed E-state index contributed by atoms with van der Waals surface area (Å²) in [5.41, 5.74) is 2.54. The third kappa shape index (κ3) is 2.38. The maximum atomic E-state index is 5.24. The van der Waals surface area contributed by atoms with Gasteiger partial charge >= 0.3 is 0 Å². The van der Waals surface area contributed by atoms with Crippen LogP contribution in [0.5, 0.6) is 0 Å². The summed E-state index contributed by atoms with van der Waals surface area (Å²) in [5.74, 6) is 5.96. The zero-order valence-corrected chi connectivity index (χ0v) is 6.93. The van der Waals surface area contributed by atoms with E-state index in [1.807, 2.05) is 6.92 Å². The molecule has 1 fully saturated rings. The van der Waals surface area contributed by atoms with Crippen molar-refractivity contribution in [2.45, 2.75) is 32.2 Å². The summed E-state index contributed by atoms with van der Waals surface area (Å²) in [7, 11) is 0. The largest absolute Gasteiger partial charge is 0.353 e. The molecule has 0 aliphatic heterocycles. The van der Waals surface area contributed by atoms with Crippen LogP contribution in [0.4, 0.5) is 0 Å². The minimum absolute atomic E-state index is 0.594. The normalized spacial score (nSPS) is 19.3. The van der Waals surface area contributed by atoms with E-state index in [0.717, 1.165) is 12.5 Å². The van der Waals surface area contributed by atoms with Crippen LogP contribution in [0.25, 0.3) is 0 Å². The van der Waals surface area contributed by atoms with Crippen molar-refractivity contribution in [3.63, 3.8) is 0 Å². The first kappa shape index (κ1) is 8.33. The summed E-state index contributed by atoms with van der Waals surface area (Å²) in [6.07, 6.45) is 3.80. The molecule has 4 heteroatoms. The Morgan fingerprint density at radius 2 is 2.36 bits per heavy atom. The monoisotopic (exact) mass is 156 g/mol. The van der Waals surface area contributed by atoms with Gasteiger partial charge in [0.05, 0.1) is 0 Å². The Morgan fingerprint density at radius 3 is 2.73 bits per heavy atom. The van der Waals surface area contributed by atoms with Gasteiger partial charge < -0.3 is 5.32 Å². The molecule has 11 heavy (non-hydrogen) atoms. The Hall–Kier alpha value is -0.770. The molecule has 0 bridgehead atoms. The molecular formula is C7H16N4. The van der Waals surface area contributed by atoms with Crippen LogP contribution in [-0.4, -0.2) is 18.5 Å². The molecule has 0 spiro atoms. The van der Waals surface area contributed by atoms with E-state index in [1.54, 1.807) is 0 Å². The average Bonchev–Trinajstić information content (AvgIpc) is 1.94. The molecule has 0 heterocycles. The van der Waals surface area contributed by atoms with Crippen LogP contribution in [0.2, 0.25) is 0 Å². The van der Waals surface area contributed by atoms with Crippen LogP contribution >= 0.6 is 0 Å². The molecule has 1 saturated carbocycles. The van der Waals surface area contributed by atoms with Gasteiger partial charge in [0.15, 0.2) is 0 Å². The van der Waals surface area contributed by atoms with Gasteiger partial charge in [-0.3, -0.25) is 10.4 Å². The van der Waals surface area contributed by atoms with Crippen molar-refractivity contribution >= 4 is 5.96 Å². The number of guanidine groups is 1. The van der Waals surface area contributed by atoms with Crippen molar-refractivity contribution in [1.29, 1.82) is 0 Å². The molecule has 1 rings (SSSR count). The highest BCUT2D eigenvalue weighted by atomic mass is 15.3. The van der Waals surface area contributed by atoms with Gasteiger partial charge in [-0.15, -0.1) is 0 Å². The van der Waals surface area contributed by atoms with E-state index in [4.69, 9.17) is 5.84 Å². The third-order valence-corrected chi connectivity index (χ3v) is 1.90. The molecule has 0 amide bonds. The number of rotatable bonds is 2. The number of hydrazine groups is 1. The van der Waals surface area contributed by atoms with Gasteiger partial charge in [0.2, 0.25) is 5.96 Å². The van der Waals surface area contributed by atoms with Gasteiger partial charge in [0.1, 0.15) is 0 Å². The van der Waals surface area contributed by atoms with Crippen molar-refractivity contribution in [1.82, 2.24) is 10.7 Å². The lowest BCUT2D eigenvalue weighted by molar-refractivity contribution is 0.380. The smallest absolute Gasteiger partial charge is 0.205 e. The Balaban J connectivity index is 2.24. The number of aliphatic imine (C=N–C) groups is 1. The lowest BCUT2D eigenvalue weighted by Crippen LogP contribution is -2.48. The standard InChI is InChI=1S/C7H16N4/c1-2-9-7(11-8)10-6-4-3-5-6/h6H,2-5,8H2,1H3,(H2,9,10,11). The second-order valence-electron chi connectivity index (χ2n) is 2.74. The van der Waals surface area contributed by atoms with E-state index in [-0.39, 0.29) is 0 Å². The summed E-state index contributed by atoms with van der Waals surface area (Å²) in [6.45, 7) is 2.75. The Labute approximate surface area is 67.2 Å². The van der Waals surface area contributed by atoms with Gasteiger partial charge in [-0.1, -0.05) is 0 Å². The molecule has 0 aromatic heterocycles. The van der Waals surface area contributed by atoms with E-state index in [0.29, 0.717) is 6.04 Å². The van der Waals surface area contributed by atoms with E-state index in [2.05, 4.69) is 15.7 Å². The van der Waals surface area contributed by atoms with Crippen LogP contribution in [-0.2, 0) is 0 Å². The quantitative estimate of drug-likeness (QED) is 0.228. The second kappa shape index (κ2) is 4.18. The third-order valence-electron chi connectivity index (χ3n) is 1.90. The second-order valence-corrected chi connectivity index (χ2v) is 2.74. The van der Waals surface area contributed by atoms with E-state index < -0.39 is 0 Å². The van der Waals surface area contributed by atoms with Gasteiger partial charge in [-0.2, -0.15) is 0 Å². The Bertz CT molecular complexity index is 139. The fraction of sp³-hybridized carbons (Fsp3) is 0.857. The zero-order valence-electron chi connectivity index (χ0n) is 6.93. The predicted molar refractivity (Wildman–Crippen MR) is 46.1 cm³/mol. The van der Waals surface area contributed by atoms with Crippen molar-refractivity contribution < 1.29 is 0 Å². The fourth-order valence-corrected chi connectivity index (χ4v) is 1.04. The van der Waals surface area contributed by atoms with E-state index in [9.17, 15) is 0 Å². The molecule has 1 aliphatic carbocycles. The first-order valence-electron chi connectivity index (χ1n) is 4.14. The average molecular weight is 156 g/mol. The highest BCUT2D eigenvalue weighted by molar-refractivity contribution is 5.79. The zero-order chi connectivity index (χ0) is 8.10. The highest BCUT2D eigenvalue weighted by Gasteiger charge is 2.17. The van der Waals surface area contributed by atoms with E-state index >= 15 is 0 Å². The first-order chi connectivity index (χ1) is 5.36. The maximum absolute atomic E-state index is 5.24. The number of hydrogen-bond donors (Lipinski definition) is 3. The van der Waals surface area contributed by atoms with Gasteiger partial charge in [-0.25, -0.2) is 5.84 Å². The molecule has 1 aliphatic rings. The van der Waals surface area contributed by atoms with Gasteiger partial charge in [0, 0.05) is 12.6 Å². The van der Waals surface area contributed by atoms with Crippen molar-refractivity contribution in [3.8, 4) is 0 Å². The first-order valence-corrected chi connectivity index (χ1v) is 4.14. The minimum atomic E-state index is 0.594. The lowest BCUT2D eigenvalue weighted by atomic mass is 9.93. The number of hydrogen-bond acceptors (Lipinski definition) is 2. The van der Waals surface area contributed by atoms with Crippen molar-refractivity contribution in [2.75, 3.05) is 6.54 Å². The molecule has 0 unspecified atom stereocenters. The summed E-state index contributed by atoms with van der Waals surface area (Å²) in [4.78, 5) is 4.13. The summed E-state index contributed by atoms with van der Waals surface area (Å²) >= 11 is 0. The molecule has 0 atom stereocenters.